The quantitative estimate of drug-likeness (QED) is 0.811. The lowest BCUT2D eigenvalue weighted by atomic mass is 9.77. The van der Waals surface area contributed by atoms with E-state index in [1.165, 1.54) is 12.1 Å². The number of hydrogen-bond donors (Lipinski definition) is 0. The maximum absolute atomic E-state index is 13.5. The van der Waals surface area contributed by atoms with Gasteiger partial charge in [0.15, 0.2) is 0 Å². The van der Waals surface area contributed by atoms with Gasteiger partial charge in [-0.2, -0.15) is 0 Å². The molecule has 1 amide bonds. The number of aromatic nitrogens is 2. The van der Waals surface area contributed by atoms with Crippen LogP contribution in [0.2, 0.25) is 0 Å². The molecule has 148 valence electrons. The first-order valence-corrected chi connectivity index (χ1v) is 9.62. The molecule has 1 aromatic carbocycles. The summed E-state index contributed by atoms with van der Waals surface area (Å²) in [6.07, 6.45) is 4.05. The fraction of sp³-hybridized carbons (Fsp3) is 0.476. The van der Waals surface area contributed by atoms with Gasteiger partial charge >= 0.3 is 0 Å². The molecule has 2 aromatic rings. The molecule has 0 N–H and O–H groups in total. The van der Waals surface area contributed by atoms with Gasteiger partial charge in [-0.1, -0.05) is 0 Å². The van der Waals surface area contributed by atoms with Crippen LogP contribution < -0.4 is 4.90 Å². The second kappa shape index (κ2) is 7.11. The first-order chi connectivity index (χ1) is 13.3. The van der Waals surface area contributed by atoms with E-state index in [1.807, 2.05) is 13.8 Å². The molecule has 2 aliphatic heterocycles. The van der Waals surface area contributed by atoms with Crippen molar-refractivity contribution in [1.82, 2.24) is 14.9 Å². The number of anilines is 1. The zero-order valence-corrected chi connectivity index (χ0v) is 16.2. The molecule has 0 bridgehead atoms. The van der Waals surface area contributed by atoms with Crippen LogP contribution in [0.4, 0.5) is 14.6 Å². The predicted molar refractivity (Wildman–Crippen MR) is 102 cm³/mol. The minimum absolute atomic E-state index is 0.0599. The van der Waals surface area contributed by atoms with Crippen molar-refractivity contribution in [3.05, 3.63) is 53.0 Å². The monoisotopic (exact) mass is 386 g/mol. The third-order valence-corrected chi connectivity index (χ3v) is 5.88. The number of rotatable bonds is 3. The smallest absolute Gasteiger partial charge is 0.223 e. The fourth-order valence-electron chi connectivity index (χ4n) is 4.40. The van der Waals surface area contributed by atoms with Gasteiger partial charge in [-0.3, -0.25) is 9.78 Å². The standard InChI is InChI=1S/C21H24F2N4O/c1-14-11-24-15(2)20(25-14)26-5-3-21(4-6-26)10-19(28)27(13-21)12-16-7-17(22)9-18(23)8-16/h7-9,11H,3-6,10,12-13H2,1-2H3. The maximum Gasteiger partial charge on any atom is 0.223 e. The molecular weight excluding hydrogens is 362 g/mol. The van der Waals surface area contributed by atoms with Crippen molar-refractivity contribution < 1.29 is 13.6 Å². The Hall–Kier alpha value is -2.57. The molecule has 3 heterocycles. The first kappa shape index (κ1) is 18.8. The van der Waals surface area contributed by atoms with Crippen LogP contribution in [0.3, 0.4) is 0 Å². The van der Waals surface area contributed by atoms with Gasteiger partial charge in [-0.15, -0.1) is 0 Å². The van der Waals surface area contributed by atoms with E-state index in [9.17, 15) is 13.6 Å². The molecule has 0 aliphatic carbocycles. The highest BCUT2D eigenvalue weighted by atomic mass is 19.1. The van der Waals surface area contributed by atoms with Crippen molar-refractivity contribution in [3.63, 3.8) is 0 Å². The summed E-state index contributed by atoms with van der Waals surface area (Å²) in [5.74, 6) is -0.241. The number of hydrogen-bond acceptors (Lipinski definition) is 4. The number of carbonyl (C=O) groups is 1. The SMILES string of the molecule is Cc1cnc(C)c(N2CCC3(CC2)CC(=O)N(Cc2cc(F)cc(F)c2)C3)n1. The van der Waals surface area contributed by atoms with E-state index in [-0.39, 0.29) is 17.9 Å². The van der Waals surface area contributed by atoms with Crippen LogP contribution in [-0.2, 0) is 11.3 Å². The highest BCUT2D eigenvalue weighted by Gasteiger charge is 2.45. The third-order valence-electron chi connectivity index (χ3n) is 5.88. The van der Waals surface area contributed by atoms with E-state index in [1.54, 1.807) is 11.1 Å². The molecule has 2 saturated heterocycles. The molecule has 0 unspecified atom stereocenters. The molecule has 2 fully saturated rings. The summed E-state index contributed by atoms with van der Waals surface area (Å²) in [5, 5.41) is 0. The highest BCUT2D eigenvalue weighted by molar-refractivity contribution is 5.79. The van der Waals surface area contributed by atoms with Gasteiger partial charge in [0.25, 0.3) is 0 Å². The molecule has 0 saturated carbocycles. The molecule has 4 rings (SSSR count). The lowest BCUT2D eigenvalue weighted by molar-refractivity contribution is -0.128. The van der Waals surface area contributed by atoms with Gasteiger partial charge in [0, 0.05) is 50.3 Å². The number of halogens is 2. The van der Waals surface area contributed by atoms with Crippen LogP contribution in [0.1, 0.15) is 36.2 Å². The summed E-state index contributed by atoms with van der Waals surface area (Å²) in [6, 6.07) is 3.44. The number of amides is 1. The Morgan fingerprint density at radius 1 is 1.11 bits per heavy atom. The Bertz CT molecular complexity index is 889. The summed E-state index contributed by atoms with van der Waals surface area (Å²) >= 11 is 0. The molecular formula is C21H24F2N4O. The average Bonchev–Trinajstić information content (AvgIpc) is 2.92. The van der Waals surface area contributed by atoms with Crippen molar-refractivity contribution in [1.29, 1.82) is 0 Å². The Morgan fingerprint density at radius 3 is 2.46 bits per heavy atom. The van der Waals surface area contributed by atoms with Gasteiger partial charge < -0.3 is 9.80 Å². The third kappa shape index (κ3) is 3.70. The maximum atomic E-state index is 13.5. The normalized spacial score (nSPS) is 18.9. The number of piperidine rings is 1. The van der Waals surface area contributed by atoms with Crippen LogP contribution in [-0.4, -0.2) is 40.4 Å². The first-order valence-electron chi connectivity index (χ1n) is 9.62. The van der Waals surface area contributed by atoms with Gasteiger partial charge in [-0.25, -0.2) is 13.8 Å². The minimum Gasteiger partial charge on any atom is -0.355 e. The molecule has 28 heavy (non-hydrogen) atoms. The second-order valence-electron chi connectivity index (χ2n) is 8.11. The molecule has 7 heteroatoms. The number of nitrogens with zero attached hydrogens (tertiary/aromatic N) is 4. The summed E-state index contributed by atoms with van der Waals surface area (Å²) in [4.78, 5) is 25.6. The summed E-state index contributed by atoms with van der Waals surface area (Å²) in [7, 11) is 0. The van der Waals surface area contributed by atoms with Crippen LogP contribution in [0.15, 0.2) is 24.4 Å². The van der Waals surface area contributed by atoms with Gasteiger partial charge in [0.05, 0.1) is 11.4 Å². The average molecular weight is 386 g/mol. The van der Waals surface area contributed by atoms with Gasteiger partial charge in [0.2, 0.25) is 5.91 Å². The molecule has 1 spiro atoms. The predicted octanol–water partition coefficient (Wildman–Crippen LogP) is 3.39. The van der Waals surface area contributed by atoms with Crippen molar-refractivity contribution in [3.8, 4) is 0 Å². The lowest BCUT2D eigenvalue weighted by Crippen LogP contribution is -2.42. The largest absolute Gasteiger partial charge is 0.355 e. The number of likely N-dealkylation sites (tertiary alicyclic amines) is 1. The molecule has 5 nitrogen and oxygen atoms in total. The van der Waals surface area contributed by atoms with E-state index in [0.29, 0.717) is 18.5 Å². The van der Waals surface area contributed by atoms with Gasteiger partial charge in [0.1, 0.15) is 17.5 Å². The fourth-order valence-corrected chi connectivity index (χ4v) is 4.40. The summed E-state index contributed by atoms with van der Waals surface area (Å²) in [6.45, 7) is 6.44. The zero-order valence-electron chi connectivity index (χ0n) is 16.2. The summed E-state index contributed by atoms with van der Waals surface area (Å²) in [5.41, 5.74) is 2.24. The van der Waals surface area contributed by atoms with E-state index in [4.69, 9.17) is 0 Å². The van der Waals surface area contributed by atoms with E-state index in [0.717, 1.165) is 49.2 Å². The van der Waals surface area contributed by atoms with Crippen molar-refractivity contribution in [2.45, 2.75) is 39.7 Å². The highest BCUT2D eigenvalue weighted by Crippen LogP contribution is 2.42. The second-order valence-corrected chi connectivity index (χ2v) is 8.11. The topological polar surface area (TPSA) is 49.3 Å². The Labute approximate surface area is 163 Å². The molecule has 0 atom stereocenters. The van der Waals surface area contributed by atoms with Crippen LogP contribution in [0.5, 0.6) is 0 Å². The number of aryl methyl sites for hydroxylation is 2. The van der Waals surface area contributed by atoms with Gasteiger partial charge in [-0.05, 0) is 44.4 Å². The number of benzene rings is 1. The Morgan fingerprint density at radius 2 is 1.79 bits per heavy atom. The Kier molecular flexibility index (Phi) is 4.77. The van der Waals surface area contributed by atoms with Crippen molar-refractivity contribution >= 4 is 11.7 Å². The Balaban J connectivity index is 1.43. The molecule has 1 aromatic heterocycles. The van der Waals surface area contributed by atoms with Crippen LogP contribution in [0.25, 0.3) is 0 Å². The minimum atomic E-state index is -0.612. The van der Waals surface area contributed by atoms with E-state index >= 15 is 0 Å². The number of carbonyl (C=O) groups excluding carboxylic acids is 1. The van der Waals surface area contributed by atoms with E-state index in [2.05, 4.69) is 14.9 Å². The van der Waals surface area contributed by atoms with Crippen LogP contribution >= 0.6 is 0 Å². The van der Waals surface area contributed by atoms with Crippen molar-refractivity contribution in [2.75, 3.05) is 24.5 Å². The molecule has 2 aliphatic rings. The zero-order chi connectivity index (χ0) is 19.9. The van der Waals surface area contributed by atoms with Crippen molar-refractivity contribution in [2.24, 2.45) is 5.41 Å². The summed E-state index contributed by atoms with van der Waals surface area (Å²) < 4.78 is 26.9. The van der Waals surface area contributed by atoms with Crippen LogP contribution in [0, 0.1) is 30.9 Å². The molecule has 0 radical (unpaired) electrons. The van der Waals surface area contributed by atoms with E-state index < -0.39 is 11.6 Å². The lowest BCUT2D eigenvalue weighted by Gasteiger charge is -2.39.